The Morgan fingerprint density at radius 2 is 2.64 bits per heavy atom. The highest BCUT2D eigenvalue weighted by Gasteiger charge is 2.28. The van der Waals surface area contributed by atoms with Crippen LogP contribution >= 0.6 is 0 Å². The SMILES string of the molecule is CNCC1CN([N+](=O)[O-])CO1. The number of hydrazine groups is 1. The second-order valence-electron chi connectivity index (χ2n) is 2.40. The summed E-state index contributed by atoms with van der Waals surface area (Å²) in [6.07, 6.45) is -0.0506. The van der Waals surface area contributed by atoms with E-state index < -0.39 is 5.03 Å². The van der Waals surface area contributed by atoms with Gasteiger partial charge in [0.1, 0.15) is 6.54 Å². The number of ether oxygens (including phenoxy) is 1. The highest BCUT2D eigenvalue weighted by atomic mass is 16.7. The van der Waals surface area contributed by atoms with E-state index in [2.05, 4.69) is 5.32 Å². The minimum atomic E-state index is -0.435. The number of nitrogens with one attached hydrogen (secondary N) is 1. The van der Waals surface area contributed by atoms with E-state index in [1.807, 2.05) is 0 Å². The molecule has 0 radical (unpaired) electrons. The summed E-state index contributed by atoms with van der Waals surface area (Å²) in [5.41, 5.74) is 0. The molecule has 1 atom stereocenters. The summed E-state index contributed by atoms with van der Waals surface area (Å²) in [5.74, 6) is 0. The van der Waals surface area contributed by atoms with Gasteiger partial charge in [-0.3, -0.25) is 0 Å². The summed E-state index contributed by atoms with van der Waals surface area (Å²) in [4.78, 5) is 10.2. The van der Waals surface area contributed by atoms with Crippen molar-refractivity contribution in [1.82, 2.24) is 10.3 Å². The summed E-state index contributed by atoms with van der Waals surface area (Å²) in [6.45, 7) is 1.12. The van der Waals surface area contributed by atoms with Crippen molar-refractivity contribution in [3.05, 3.63) is 10.1 Å². The Morgan fingerprint density at radius 3 is 3.09 bits per heavy atom. The average molecular weight is 161 g/mol. The van der Waals surface area contributed by atoms with Crippen LogP contribution in [0.5, 0.6) is 0 Å². The van der Waals surface area contributed by atoms with Crippen LogP contribution in [0.2, 0.25) is 0 Å². The highest BCUT2D eigenvalue weighted by Crippen LogP contribution is 2.06. The van der Waals surface area contributed by atoms with Gasteiger partial charge in [0.05, 0.1) is 6.10 Å². The maximum atomic E-state index is 10.2. The maximum Gasteiger partial charge on any atom is 0.177 e. The fourth-order valence-corrected chi connectivity index (χ4v) is 0.997. The number of nitro groups is 1. The van der Waals surface area contributed by atoms with Gasteiger partial charge in [0, 0.05) is 6.54 Å². The number of likely N-dealkylation sites (N-methyl/N-ethyl adjacent to an activating group) is 1. The molecule has 0 aromatic rings. The predicted octanol–water partition coefficient (Wildman–Crippen LogP) is -0.944. The quantitative estimate of drug-likeness (QED) is 0.427. The Bertz CT molecular complexity index is 152. The van der Waals surface area contributed by atoms with Gasteiger partial charge in [-0.25, -0.2) is 10.1 Å². The van der Waals surface area contributed by atoms with E-state index in [9.17, 15) is 10.1 Å². The molecule has 0 saturated carbocycles. The first kappa shape index (κ1) is 8.22. The van der Waals surface area contributed by atoms with Crippen LogP contribution in [0.1, 0.15) is 0 Å². The van der Waals surface area contributed by atoms with Gasteiger partial charge in [0.25, 0.3) is 0 Å². The van der Waals surface area contributed by atoms with Crippen LogP contribution in [0.25, 0.3) is 0 Å². The topological polar surface area (TPSA) is 67.6 Å². The third-order valence-corrected chi connectivity index (χ3v) is 1.54. The molecule has 1 heterocycles. The first-order valence-corrected chi connectivity index (χ1v) is 3.39. The van der Waals surface area contributed by atoms with Crippen molar-refractivity contribution in [2.24, 2.45) is 0 Å². The monoisotopic (exact) mass is 161 g/mol. The van der Waals surface area contributed by atoms with Crippen LogP contribution in [0, 0.1) is 10.1 Å². The van der Waals surface area contributed by atoms with Gasteiger partial charge < -0.3 is 10.1 Å². The van der Waals surface area contributed by atoms with Gasteiger partial charge in [-0.1, -0.05) is 0 Å². The van der Waals surface area contributed by atoms with Crippen molar-refractivity contribution >= 4 is 0 Å². The van der Waals surface area contributed by atoms with Crippen molar-refractivity contribution in [3.8, 4) is 0 Å². The van der Waals surface area contributed by atoms with Crippen LogP contribution in [0.15, 0.2) is 0 Å². The molecule has 0 bridgehead atoms. The van der Waals surface area contributed by atoms with Gasteiger partial charge in [-0.05, 0) is 7.05 Å². The molecular formula is C5H11N3O3. The van der Waals surface area contributed by atoms with Crippen molar-refractivity contribution in [3.63, 3.8) is 0 Å². The minimum absolute atomic E-state index is 0.0506. The van der Waals surface area contributed by atoms with Crippen molar-refractivity contribution in [2.75, 3.05) is 26.9 Å². The molecule has 1 aliphatic heterocycles. The summed E-state index contributed by atoms with van der Waals surface area (Å²) in [6, 6.07) is 0. The second kappa shape index (κ2) is 3.49. The molecule has 0 aliphatic carbocycles. The average Bonchev–Trinajstić information content (AvgIpc) is 2.37. The van der Waals surface area contributed by atoms with Crippen LogP contribution < -0.4 is 5.32 Å². The maximum absolute atomic E-state index is 10.2. The lowest BCUT2D eigenvalue weighted by Crippen LogP contribution is -2.31. The van der Waals surface area contributed by atoms with E-state index in [0.717, 1.165) is 5.01 Å². The van der Waals surface area contributed by atoms with Crippen molar-refractivity contribution in [1.29, 1.82) is 0 Å². The summed E-state index contributed by atoms with van der Waals surface area (Å²) in [5, 5.41) is 13.7. The highest BCUT2D eigenvalue weighted by molar-refractivity contribution is 4.66. The lowest BCUT2D eigenvalue weighted by atomic mass is 10.4. The van der Waals surface area contributed by atoms with Gasteiger partial charge in [-0.2, -0.15) is 0 Å². The molecule has 1 fully saturated rings. The molecule has 64 valence electrons. The summed E-state index contributed by atoms with van der Waals surface area (Å²) in [7, 11) is 1.79. The molecule has 1 aliphatic rings. The van der Waals surface area contributed by atoms with Crippen molar-refractivity contribution in [2.45, 2.75) is 6.10 Å². The lowest BCUT2D eigenvalue weighted by Gasteiger charge is -2.04. The van der Waals surface area contributed by atoms with E-state index in [1.54, 1.807) is 7.05 Å². The molecule has 0 spiro atoms. The molecule has 1 rings (SSSR count). The number of hydrogen-bond donors (Lipinski definition) is 1. The van der Waals surface area contributed by atoms with E-state index in [-0.39, 0.29) is 12.8 Å². The molecule has 11 heavy (non-hydrogen) atoms. The molecule has 6 heteroatoms. The Kier molecular flexibility index (Phi) is 2.61. The molecule has 0 amide bonds. The molecule has 1 N–H and O–H groups in total. The Morgan fingerprint density at radius 1 is 1.91 bits per heavy atom. The van der Waals surface area contributed by atoms with Gasteiger partial charge >= 0.3 is 0 Å². The van der Waals surface area contributed by atoms with E-state index in [1.165, 1.54) is 0 Å². The second-order valence-corrected chi connectivity index (χ2v) is 2.40. The third-order valence-electron chi connectivity index (χ3n) is 1.54. The zero-order valence-corrected chi connectivity index (χ0v) is 6.32. The van der Waals surface area contributed by atoms with Crippen LogP contribution in [0.3, 0.4) is 0 Å². The predicted molar refractivity (Wildman–Crippen MR) is 37.4 cm³/mol. The molecule has 0 aromatic heterocycles. The summed E-state index contributed by atoms with van der Waals surface area (Å²) < 4.78 is 5.09. The third kappa shape index (κ3) is 2.02. The Hall–Kier alpha value is -0.880. The smallest absolute Gasteiger partial charge is 0.177 e. The standard InChI is InChI=1S/C5H11N3O3/c1-6-2-5-3-7(4-11-5)8(9)10/h5-6H,2-4H2,1H3. The van der Waals surface area contributed by atoms with Gasteiger partial charge in [-0.15, -0.1) is 5.01 Å². The summed E-state index contributed by atoms with van der Waals surface area (Å²) >= 11 is 0. The van der Waals surface area contributed by atoms with Crippen LogP contribution in [-0.4, -0.2) is 43.0 Å². The number of nitrogens with zero attached hydrogens (tertiary/aromatic N) is 2. The van der Waals surface area contributed by atoms with E-state index >= 15 is 0 Å². The molecule has 0 aromatic carbocycles. The van der Waals surface area contributed by atoms with Crippen LogP contribution in [0.4, 0.5) is 0 Å². The fraction of sp³-hybridized carbons (Fsp3) is 1.00. The first-order chi connectivity index (χ1) is 5.24. The van der Waals surface area contributed by atoms with E-state index in [4.69, 9.17) is 4.74 Å². The lowest BCUT2D eigenvalue weighted by molar-refractivity contribution is -0.654. The Labute approximate surface area is 64.2 Å². The van der Waals surface area contributed by atoms with E-state index in [0.29, 0.717) is 13.1 Å². The van der Waals surface area contributed by atoms with Crippen molar-refractivity contribution < 1.29 is 9.77 Å². The first-order valence-electron chi connectivity index (χ1n) is 3.39. The normalized spacial score (nSPS) is 24.1. The fourth-order valence-electron chi connectivity index (χ4n) is 0.997. The largest absolute Gasteiger partial charge is 0.349 e. The molecule has 6 nitrogen and oxygen atoms in total. The zero-order valence-electron chi connectivity index (χ0n) is 6.32. The number of hydrogen-bond acceptors (Lipinski definition) is 4. The molecular weight excluding hydrogens is 150 g/mol. The zero-order chi connectivity index (χ0) is 8.27. The van der Waals surface area contributed by atoms with Gasteiger partial charge in [0.2, 0.25) is 0 Å². The minimum Gasteiger partial charge on any atom is -0.349 e. The number of rotatable bonds is 3. The van der Waals surface area contributed by atoms with Crippen LogP contribution in [-0.2, 0) is 4.74 Å². The molecule has 1 unspecified atom stereocenters. The van der Waals surface area contributed by atoms with Gasteiger partial charge in [0.15, 0.2) is 11.8 Å². The Balaban J connectivity index is 2.29. The molecule has 1 saturated heterocycles.